The highest BCUT2D eigenvalue weighted by atomic mass is 79.9. The SMILES string of the molecule is BrCC1CCC[O+]1[C@@H]1OC(COCc2ccccc2)[C@@H](OCc2ccccc2)C(OCc2ccccc2)C1OCc1ccccc1. The Morgan fingerprint density at radius 1 is 0.587 bits per heavy atom. The number of halogens is 1. The summed E-state index contributed by atoms with van der Waals surface area (Å²) >= 11 is 3.76. The third-order valence-electron chi connectivity index (χ3n) is 8.65. The van der Waals surface area contributed by atoms with E-state index in [1.807, 2.05) is 72.8 Å². The van der Waals surface area contributed by atoms with Gasteiger partial charge in [-0.05, 0) is 22.3 Å². The minimum atomic E-state index is -0.442. The van der Waals surface area contributed by atoms with Crippen LogP contribution >= 0.6 is 15.9 Å². The normalized spacial score (nSPS) is 25.1. The van der Waals surface area contributed by atoms with E-state index in [0.29, 0.717) is 33.0 Å². The molecule has 0 saturated carbocycles. The van der Waals surface area contributed by atoms with Gasteiger partial charge in [-0.3, -0.25) is 0 Å². The standard InChI is InChI=1S/C39H44BrO6/c40-24-34-22-13-23-46(34)39-38(44-28-33-20-11-4-12-21-33)37(43-27-32-18-9-3-10-19-32)36(42-26-31-16-7-2-8-17-31)35(45-39)29-41-25-30-14-5-1-6-15-30/h1-12,14-21,34-39H,13,22-29H2/q+1/t34?,35?,36-,37?,38?,39+/m1/s1. The first-order valence-corrected chi connectivity index (χ1v) is 17.4. The molecule has 2 fully saturated rings. The highest BCUT2D eigenvalue weighted by Gasteiger charge is 2.55. The molecule has 242 valence electrons. The summed E-state index contributed by atoms with van der Waals surface area (Å²) in [5, 5.41) is 0.835. The van der Waals surface area contributed by atoms with Crippen molar-refractivity contribution in [2.24, 2.45) is 0 Å². The molecule has 2 heterocycles. The Labute approximate surface area is 281 Å². The Bertz CT molecular complexity index is 1410. The van der Waals surface area contributed by atoms with Crippen LogP contribution in [0.4, 0.5) is 0 Å². The minimum Gasteiger partial charge on any atom is -0.393 e. The van der Waals surface area contributed by atoms with Gasteiger partial charge in [0.1, 0.15) is 24.9 Å². The first-order valence-electron chi connectivity index (χ1n) is 16.3. The van der Waals surface area contributed by atoms with Crippen molar-refractivity contribution in [1.29, 1.82) is 0 Å². The Kier molecular flexibility index (Phi) is 12.4. The van der Waals surface area contributed by atoms with E-state index in [9.17, 15) is 0 Å². The molecular formula is C39H44BrO6+. The summed E-state index contributed by atoms with van der Waals surface area (Å²) in [7, 11) is 0. The zero-order chi connectivity index (χ0) is 31.4. The first kappa shape index (κ1) is 33.0. The van der Waals surface area contributed by atoms with Crippen LogP contribution in [-0.4, -0.2) is 55.4 Å². The monoisotopic (exact) mass is 687 g/mol. The van der Waals surface area contributed by atoms with E-state index < -0.39 is 24.6 Å². The van der Waals surface area contributed by atoms with E-state index in [4.69, 9.17) is 23.7 Å². The number of hydrogen-bond acceptors (Lipinski definition) is 5. The van der Waals surface area contributed by atoms with Gasteiger partial charge in [0.05, 0.1) is 38.4 Å². The van der Waals surface area contributed by atoms with Crippen LogP contribution < -0.4 is 0 Å². The molecule has 2 aliphatic heterocycles. The van der Waals surface area contributed by atoms with Gasteiger partial charge in [-0.1, -0.05) is 137 Å². The number of ether oxygens (including phenoxy) is 5. The van der Waals surface area contributed by atoms with Gasteiger partial charge in [0.25, 0.3) is 6.29 Å². The lowest BCUT2D eigenvalue weighted by atomic mass is 9.97. The second-order valence-electron chi connectivity index (χ2n) is 11.9. The maximum absolute atomic E-state index is 7.04. The van der Waals surface area contributed by atoms with Crippen LogP contribution in [0.2, 0.25) is 0 Å². The predicted molar refractivity (Wildman–Crippen MR) is 183 cm³/mol. The van der Waals surface area contributed by atoms with E-state index in [2.05, 4.69) is 68.8 Å². The average Bonchev–Trinajstić information content (AvgIpc) is 3.60. The maximum atomic E-state index is 7.04. The van der Waals surface area contributed by atoms with Crippen LogP contribution in [0.15, 0.2) is 121 Å². The first-order chi connectivity index (χ1) is 22.8. The van der Waals surface area contributed by atoms with Crippen molar-refractivity contribution in [3.05, 3.63) is 144 Å². The summed E-state index contributed by atoms with van der Waals surface area (Å²) in [5.41, 5.74) is 4.40. The molecule has 4 aromatic carbocycles. The van der Waals surface area contributed by atoms with Crippen LogP contribution in [0, 0.1) is 0 Å². The molecule has 0 aromatic heterocycles. The van der Waals surface area contributed by atoms with Crippen molar-refractivity contribution < 1.29 is 28.1 Å². The van der Waals surface area contributed by atoms with Crippen LogP contribution in [-0.2, 0) is 54.5 Å². The highest BCUT2D eigenvalue weighted by Crippen LogP contribution is 2.38. The number of alkyl halides is 1. The van der Waals surface area contributed by atoms with Crippen LogP contribution in [0.5, 0.6) is 0 Å². The third-order valence-corrected chi connectivity index (χ3v) is 9.37. The molecule has 6 rings (SSSR count). The highest BCUT2D eigenvalue weighted by molar-refractivity contribution is 9.09. The van der Waals surface area contributed by atoms with E-state index in [1.54, 1.807) is 0 Å². The molecule has 2 saturated heterocycles. The lowest BCUT2D eigenvalue weighted by Crippen LogP contribution is -2.64. The average molecular weight is 689 g/mol. The quantitative estimate of drug-likeness (QED) is 0.0943. The van der Waals surface area contributed by atoms with Crippen molar-refractivity contribution in [2.75, 3.05) is 18.5 Å². The van der Waals surface area contributed by atoms with Gasteiger partial charge in [-0.25, -0.2) is 0 Å². The Hall–Kier alpha value is -2.88. The molecule has 0 N–H and O–H groups in total. The van der Waals surface area contributed by atoms with Gasteiger partial charge < -0.3 is 28.1 Å². The fraction of sp³-hybridized carbons (Fsp3) is 0.385. The van der Waals surface area contributed by atoms with Gasteiger partial charge in [0.2, 0.25) is 0 Å². The lowest BCUT2D eigenvalue weighted by Gasteiger charge is -2.46. The summed E-state index contributed by atoms with van der Waals surface area (Å²) in [6, 6.07) is 41.1. The maximum Gasteiger partial charge on any atom is 0.296 e. The van der Waals surface area contributed by atoms with Gasteiger partial charge >= 0.3 is 0 Å². The summed E-state index contributed by atoms with van der Waals surface area (Å²) in [6.07, 6.45) is 0.304. The zero-order valence-corrected chi connectivity index (χ0v) is 27.8. The molecule has 0 bridgehead atoms. The fourth-order valence-corrected chi connectivity index (χ4v) is 6.91. The van der Waals surface area contributed by atoms with E-state index in [0.717, 1.165) is 47.0 Å². The van der Waals surface area contributed by atoms with Crippen molar-refractivity contribution >= 4 is 15.9 Å². The molecule has 0 spiro atoms. The molecule has 2 aliphatic rings. The predicted octanol–water partition coefficient (Wildman–Crippen LogP) is 7.79. The summed E-state index contributed by atoms with van der Waals surface area (Å²) in [4.78, 5) is 0. The Morgan fingerprint density at radius 3 is 1.54 bits per heavy atom. The summed E-state index contributed by atoms with van der Waals surface area (Å²) in [6.45, 7) is 2.98. The van der Waals surface area contributed by atoms with Crippen LogP contribution in [0.1, 0.15) is 35.1 Å². The summed E-state index contributed by atoms with van der Waals surface area (Å²) in [5.74, 6) is 0. The molecule has 4 aromatic rings. The largest absolute Gasteiger partial charge is 0.393 e. The van der Waals surface area contributed by atoms with E-state index in [1.165, 1.54) is 0 Å². The van der Waals surface area contributed by atoms with Gasteiger partial charge in [-0.15, -0.1) is 0 Å². The number of benzene rings is 4. The van der Waals surface area contributed by atoms with Crippen LogP contribution in [0.3, 0.4) is 0 Å². The minimum absolute atomic E-state index is 0.260. The van der Waals surface area contributed by atoms with Crippen molar-refractivity contribution in [3.63, 3.8) is 0 Å². The van der Waals surface area contributed by atoms with Crippen molar-refractivity contribution in [1.82, 2.24) is 0 Å². The molecule has 7 heteroatoms. The molecule has 0 radical (unpaired) electrons. The molecule has 0 amide bonds. The van der Waals surface area contributed by atoms with Crippen molar-refractivity contribution in [3.8, 4) is 0 Å². The van der Waals surface area contributed by atoms with Crippen LogP contribution in [0.25, 0.3) is 0 Å². The lowest BCUT2D eigenvalue weighted by molar-refractivity contribution is -0.394. The van der Waals surface area contributed by atoms with Gasteiger partial charge in [-0.2, -0.15) is 0 Å². The van der Waals surface area contributed by atoms with Gasteiger partial charge in [0, 0.05) is 12.8 Å². The Morgan fingerprint density at radius 2 is 1.04 bits per heavy atom. The second-order valence-corrected chi connectivity index (χ2v) is 12.6. The summed E-state index contributed by atoms with van der Waals surface area (Å²) < 4.78 is 37.4. The topological polar surface area (TPSA) is 48.9 Å². The molecule has 0 aliphatic carbocycles. The van der Waals surface area contributed by atoms with Gasteiger partial charge in [0.15, 0.2) is 12.2 Å². The smallest absolute Gasteiger partial charge is 0.296 e. The molecular weight excluding hydrogens is 644 g/mol. The number of rotatable bonds is 15. The molecule has 6 atom stereocenters. The molecule has 6 nitrogen and oxygen atoms in total. The molecule has 4 unspecified atom stereocenters. The third kappa shape index (κ3) is 8.92. The second kappa shape index (κ2) is 17.3. The molecule has 46 heavy (non-hydrogen) atoms. The van der Waals surface area contributed by atoms with E-state index >= 15 is 0 Å². The van der Waals surface area contributed by atoms with E-state index in [-0.39, 0.29) is 12.2 Å². The zero-order valence-electron chi connectivity index (χ0n) is 26.2. The fourth-order valence-electron chi connectivity index (χ4n) is 6.25. The Balaban J connectivity index is 1.32. The number of hydrogen-bond donors (Lipinski definition) is 0. The van der Waals surface area contributed by atoms with Crippen molar-refractivity contribution in [2.45, 2.75) is 76.1 Å².